The van der Waals surface area contributed by atoms with Crippen LogP contribution in [0.1, 0.15) is 81.3 Å². The average Bonchev–Trinajstić information content (AvgIpc) is 2.62. The first-order valence-electron chi connectivity index (χ1n) is 10.0. The van der Waals surface area contributed by atoms with Crippen LogP contribution in [0.3, 0.4) is 0 Å². The summed E-state index contributed by atoms with van der Waals surface area (Å²) in [6.45, 7) is 8.79. The van der Waals surface area contributed by atoms with Crippen molar-refractivity contribution in [2.45, 2.75) is 66.2 Å². The van der Waals surface area contributed by atoms with Gasteiger partial charge in [-0.05, 0) is 47.9 Å². The summed E-state index contributed by atoms with van der Waals surface area (Å²) < 4.78 is 5.11. The summed E-state index contributed by atoms with van der Waals surface area (Å²) in [6.07, 6.45) is 9.78. The standard InChI is InChI=1S/C23H34O4/c1-5-6-8-18(4)9-7-10-19-11-13-21(23(25)26)20(15-19)12-14-22(24)27-16-17(2)3/h11-15,17-18H,5-10,16H2,1-4H3,(H,25,26)/b14-12+/t18-/m1/s1. The summed E-state index contributed by atoms with van der Waals surface area (Å²) in [5.74, 6) is -0.460. The molecule has 1 aromatic rings. The van der Waals surface area contributed by atoms with Crippen LogP contribution in [0.2, 0.25) is 0 Å². The van der Waals surface area contributed by atoms with Gasteiger partial charge in [0, 0.05) is 6.08 Å². The second-order valence-corrected chi connectivity index (χ2v) is 7.72. The topological polar surface area (TPSA) is 63.6 Å². The fourth-order valence-electron chi connectivity index (χ4n) is 2.91. The molecule has 0 spiro atoms. The number of carboxylic acids is 1. The number of aromatic carboxylic acids is 1. The van der Waals surface area contributed by atoms with Gasteiger partial charge in [-0.15, -0.1) is 0 Å². The molecular weight excluding hydrogens is 340 g/mol. The molecule has 0 heterocycles. The zero-order chi connectivity index (χ0) is 20.2. The Kier molecular flexibility index (Phi) is 10.5. The van der Waals surface area contributed by atoms with Crippen LogP contribution in [0.15, 0.2) is 24.3 Å². The highest BCUT2D eigenvalue weighted by molar-refractivity contribution is 5.95. The predicted octanol–water partition coefficient (Wildman–Crippen LogP) is 5.75. The van der Waals surface area contributed by atoms with Crippen molar-refractivity contribution in [1.29, 1.82) is 0 Å². The normalized spacial score (nSPS) is 12.5. The molecule has 1 atom stereocenters. The van der Waals surface area contributed by atoms with E-state index in [1.54, 1.807) is 12.1 Å². The smallest absolute Gasteiger partial charge is 0.336 e. The van der Waals surface area contributed by atoms with Crippen molar-refractivity contribution in [1.82, 2.24) is 0 Å². The molecule has 0 bridgehead atoms. The highest BCUT2D eigenvalue weighted by Crippen LogP contribution is 2.19. The number of carbonyl (C=O) groups excluding carboxylic acids is 1. The van der Waals surface area contributed by atoms with Gasteiger partial charge in [-0.3, -0.25) is 0 Å². The van der Waals surface area contributed by atoms with Crippen molar-refractivity contribution in [2.24, 2.45) is 11.8 Å². The first-order chi connectivity index (χ1) is 12.8. The summed E-state index contributed by atoms with van der Waals surface area (Å²) in [6, 6.07) is 5.36. The number of unbranched alkanes of at least 4 members (excludes halogenated alkanes) is 1. The predicted molar refractivity (Wildman–Crippen MR) is 110 cm³/mol. The third-order valence-corrected chi connectivity index (χ3v) is 4.52. The van der Waals surface area contributed by atoms with Gasteiger partial charge in [0.15, 0.2) is 0 Å². The Bertz CT molecular complexity index is 631. The number of hydrogen-bond donors (Lipinski definition) is 1. The van der Waals surface area contributed by atoms with Gasteiger partial charge in [-0.2, -0.15) is 0 Å². The number of ether oxygens (including phenoxy) is 1. The zero-order valence-corrected chi connectivity index (χ0v) is 17.2. The Morgan fingerprint density at radius 2 is 1.85 bits per heavy atom. The molecular formula is C23H34O4. The Morgan fingerprint density at radius 1 is 1.15 bits per heavy atom. The first kappa shape index (κ1) is 22.9. The van der Waals surface area contributed by atoms with Gasteiger partial charge in [-0.25, -0.2) is 9.59 Å². The van der Waals surface area contributed by atoms with E-state index in [4.69, 9.17) is 4.74 Å². The van der Waals surface area contributed by atoms with Crippen molar-refractivity contribution >= 4 is 18.0 Å². The van der Waals surface area contributed by atoms with Crippen molar-refractivity contribution in [3.8, 4) is 0 Å². The molecule has 0 aliphatic rings. The van der Waals surface area contributed by atoms with Gasteiger partial charge in [-0.1, -0.05) is 65.5 Å². The van der Waals surface area contributed by atoms with Gasteiger partial charge in [0.05, 0.1) is 12.2 Å². The van der Waals surface area contributed by atoms with Crippen LogP contribution < -0.4 is 0 Å². The molecule has 27 heavy (non-hydrogen) atoms. The summed E-state index contributed by atoms with van der Waals surface area (Å²) in [5, 5.41) is 9.38. The van der Waals surface area contributed by atoms with E-state index in [1.807, 2.05) is 26.0 Å². The molecule has 150 valence electrons. The highest BCUT2D eigenvalue weighted by Gasteiger charge is 2.10. The van der Waals surface area contributed by atoms with Gasteiger partial charge >= 0.3 is 11.9 Å². The van der Waals surface area contributed by atoms with E-state index in [9.17, 15) is 14.7 Å². The minimum absolute atomic E-state index is 0.197. The number of esters is 1. The third-order valence-electron chi connectivity index (χ3n) is 4.52. The number of hydrogen-bond acceptors (Lipinski definition) is 3. The lowest BCUT2D eigenvalue weighted by Crippen LogP contribution is -2.07. The van der Waals surface area contributed by atoms with Crippen molar-refractivity contribution in [2.75, 3.05) is 6.61 Å². The van der Waals surface area contributed by atoms with Crippen LogP contribution in [0.5, 0.6) is 0 Å². The van der Waals surface area contributed by atoms with E-state index in [1.165, 1.54) is 31.8 Å². The van der Waals surface area contributed by atoms with Crippen LogP contribution in [0.25, 0.3) is 6.08 Å². The van der Waals surface area contributed by atoms with E-state index < -0.39 is 11.9 Å². The first-order valence-corrected chi connectivity index (χ1v) is 10.0. The fraction of sp³-hybridized carbons (Fsp3) is 0.565. The maximum atomic E-state index is 11.8. The van der Waals surface area contributed by atoms with Gasteiger partial charge in [0.2, 0.25) is 0 Å². The van der Waals surface area contributed by atoms with Crippen LogP contribution in [0, 0.1) is 11.8 Å². The molecule has 0 saturated heterocycles. The lowest BCUT2D eigenvalue weighted by atomic mass is 9.95. The summed E-state index contributed by atoms with van der Waals surface area (Å²) >= 11 is 0. The Hall–Kier alpha value is -2.10. The number of rotatable bonds is 12. The van der Waals surface area contributed by atoms with Crippen LogP contribution in [0.4, 0.5) is 0 Å². The third kappa shape index (κ3) is 9.41. The lowest BCUT2D eigenvalue weighted by Gasteiger charge is -2.11. The van der Waals surface area contributed by atoms with Crippen LogP contribution in [-0.4, -0.2) is 23.7 Å². The molecule has 0 unspecified atom stereocenters. The number of aryl methyl sites for hydroxylation is 1. The molecule has 1 aromatic carbocycles. The largest absolute Gasteiger partial charge is 0.478 e. The average molecular weight is 375 g/mol. The molecule has 0 fully saturated rings. The lowest BCUT2D eigenvalue weighted by molar-refractivity contribution is -0.138. The molecule has 0 aliphatic heterocycles. The number of benzene rings is 1. The van der Waals surface area contributed by atoms with E-state index in [-0.39, 0.29) is 11.5 Å². The maximum Gasteiger partial charge on any atom is 0.336 e. The number of carboxylic acid groups (broad SMARTS) is 1. The molecule has 0 aromatic heterocycles. The van der Waals surface area contributed by atoms with E-state index >= 15 is 0 Å². The number of carbonyl (C=O) groups is 2. The van der Waals surface area contributed by atoms with Gasteiger partial charge in [0.25, 0.3) is 0 Å². The highest BCUT2D eigenvalue weighted by atomic mass is 16.5. The minimum atomic E-state index is -0.995. The second kappa shape index (κ2) is 12.3. The molecule has 0 amide bonds. The Morgan fingerprint density at radius 3 is 2.48 bits per heavy atom. The minimum Gasteiger partial charge on any atom is -0.478 e. The van der Waals surface area contributed by atoms with Crippen LogP contribution >= 0.6 is 0 Å². The van der Waals surface area contributed by atoms with E-state index in [2.05, 4.69) is 13.8 Å². The zero-order valence-electron chi connectivity index (χ0n) is 17.2. The van der Waals surface area contributed by atoms with Crippen LogP contribution in [-0.2, 0) is 16.0 Å². The quantitative estimate of drug-likeness (QED) is 0.374. The summed E-state index contributed by atoms with van der Waals surface area (Å²) in [4.78, 5) is 23.2. The SMILES string of the molecule is CCCC[C@@H](C)CCCc1ccc(C(=O)O)c(/C=C/C(=O)OCC(C)C)c1. The van der Waals surface area contributed by atoms with Crippen molar-refractivity contribution in [3.05, 3.63) is 41.0 Å². The van der Waals surface area contributed by atoms with Gasteiger partial charge in [0.1, 0.15) is 0 Å². The molecule has 1 rings (SSSR count). The maximum absolute atomic E-state index is 11.8. The molecule has 4 heteroatoms. The fourth-order valence-corrected chi connectivity index (χ4v) is 2.91. The summed E-state index contributed by atoms with van der Waals surface area (Å²) in [5.41, 5.74) is 1.83. The summed E-state index contributed by atoms with van der Waals surface area (Å²) in [7, 11) is 0. The molecule has 0 aliphatic carbocycles. The van der Waals surface area contributed by atoms with E-state index in [0.717, 1.165) is 24.3 Å². The second-order valence-electron chi connectivity index (χ2n) is 7.72. The van der Waals surface area contributed by atoms with E-state index in [0.29, 0.717) is 12.2 Å². The van der Waals surface area contributed by atoms with Crippen molar-refractivity contribution in [3.63, 3.8) is 0 Å². The molecule has 0 radical (unpaired) electrons. The molecule has 4 nitrogen and oxygen atoms in total. The molecule has 0 saturated carbocycles. The Balaban J connectivity index is 2.73. The van der Waals surface area contributed by atoms with Crippen molar-refractivity contribution < 1.29 is 19.4 Å². The van der Waals surface area contributed by atoms with Gasteiger partial charge < -0.3 is 9.84 Å². The molecule has 1 N–H and O–H groups in total. The Labute approximate surface area is 163 Å². The monoisotopic (exact) mass is 374 g/mol.